The number of benzene rings is 1. The maximum absolute atomic E-state index is 13.6. The van der Waals surface area contributed by atoms with Crippen molar-refractivity contribution in [1.29, 1.82) is 0 Å². The van der Waals surface area contributed by atoms with Crippen LogP contribution in [0.5, 0.6) is 0 Å². The minimum atomic E-state index is -1.45. The first-order valence-electron chi connectivity index (χ1n) is 17.8. The first kappa shape index (κ1) is 46.4. The molecule has 17 nitrogen and oxygen atoms in total. The Morgan fingerprint density at radius 2 is 1.30 bits per heavy atom. The molecule has 53 heavy (non-hydrogen) atoms. The van der Waals surface area contributed by atoms with E-state index >= 15 is 0 Å². The summed E-state index contributed by atoms with van der Waals surface area (Å²) in [6, 6.07) is 5.24. The number of hydrogen-bond donors (Lipinski definition) is 5. The summed E-state index contributed by atoms with van der Waals surface area (Å²) >= 11 is 0. The van der Waals surface area contributed by atoms with E-state index in [1.54, 1.807) is 92.6 Å². The summed E-state index contributed by atoms with van der Waals surface area (Å²) < 4.78 is 32.1. The fourth-order valence-corrected chi connectivity index (χ4v) is 4.47. The molecule has 0 radical (unpaired) electrons. The largest absolute Gasteiger partial charge is 0.464 e. The van der Waals surface area contributed by atoms with Crippen molar-refractivity contribution in [3.05, 3.63) is 35.9 Å². The summed E-state index contributed by atoms with van der Waals surface area (Å²) in [6.07, 6.45) is -3.16. The van der Waals surface area contributed by atoms with Gasteiger partial charge in [-0.05, 0) is 80.7 Å². The van der Waals surface area contributed by atoms with Crippen molar-refractivity contribution in [2.45, 2.75) is 124 Å². The molecule has 0 unspecified atom stereocenters. The Morgan fingerprint density at radius 1 is 0.698 bits per heavy atom. The molecule has 1 aromatic rings. The molecule has 0 saturated carbocycles. The molecule has 5 amide bonds. The normalized spacial score (nSPS) is 13.1. The Balaban J connectivity index is 3.14. The molecular weight excluding hydrogens is 694 g/mol. The number of alkyl carbamates (subject to hydrolysis) is 3. The van der Waals surface area contributed by atoms with Gasteiger partial charge in [0.2, 0.25) is 11.8 Å². The maximum Gasteiger partial charge on any atom is 0.408 e. The van der Waals surface area contributed by atoms with Gasteiger partial charge in [-0.15, -0.1) is 0 Å². The van der Waals surface area contributed by atoms with Gasteiger partial charge in [0.1, 0.15) is 23.9 Å². The van der Waals surface area contributed by atoms with Crippen molar-refractivity contribution < 1.29 is 57.2 Å². The molecule has 5 N–H and O–H groups in total. The molecular formula is C36H59N5O12. The van der Waals surface area contributed by atoms with E-state index in [0.29, 0.717) is 12.0 Å². The molecule has 0 aromatic heterocycles. The highest BCUT2D eigenvalue weighted by molar-refractivity contribution is 5.90. The zero-order valence-corrected chi connectivity index (χ0v) is 32.5. The molecule has 0 fully saturated rings. The van der Waals surface area contributed by atoms with Crippen LogP contribution in [-0.4, -0.2) is 105 Å². The van der Waals surface area contributed by atoms with Crippen LogP contribution in [0.4, 0.5) is 14.4 Å². The van der Waals surface area contributed by atoms with Gasteiger partial charge in [-0.2, -0.15) is 0 Å². The Kier molecular flexibility index (Phi) is 20.9. The van der Waals surface area contributed by atoms with Crippen molar-refractivity contribution in [3.63, 3.8) is 0 Å². The van der Waals surface area contributed by atoms with Crippen LogP contribution in [0.15, 0.2) is 30.3 Å². The average molecular weight is 754 g/mol. The zero-order valence-electron chi connectivity index (χ0n) is 32.5. The molecule has 0 aliphatic rings. The van der Waals surface area contributed by atoms with Crippen LogP contribution in [0.3, 0.4) is 0 Å². The molecule has 0 bridgehead atoms. The average Bonchev–Trinajstić information content (AvgIpc) is 3.05. The fourth-order valence-electron chi connectivity index (χ4n) is 4.47. The summed E-state index contributed by atoms with van der Waals surface area (Å²) in [5.41, 5.74) is -0.791. The van der Waals surface area contributed by atoms with Gasteiger partial charge in [0, 0.05) is 38.8 Å². The number of amides is 5. The highest BCUT2D eigenvalue weighted by atomic mass is 16.7. The summed E-state index contributed by atoms with van der Waals surface area (Å²) in [5.74, 6) is -2.30. The van der Waals surface area contributed by atoms with E-state index < -0.39 is 78.2 Å². The van der Waals surface area contributed by atoms with Crippen molar-refractivity contribution in [2.24, 2.45) is 0 Å². The van der Waals surface area contributed by atoms with Crippen molar-refractivity contribution >= 4 is 36.1 Å². The minimum Gasteiger partial charge on any atom is -0.464 e. The lowest BCUT2D eigenvalue weighted by Crippen LogP contribution is -2.59. The molecule has 300 valence electrons. The van der Waals surface area contributed by atoms with Crippen LogP contribution in [0.1, 0.15) is 87.1 Å². The van der Waals surface area contributed by atoms with E-state index in [9.17, 15) is 28.8 Å². The highest BCUT2D eigenvalue weighted by Crippen LogP contribution is 2.11. The molecule has 0 saturated heterocycles. The number of hydrogen-bond acceptors (Lipinski definition) is 12. The predicted molar refractivity (Wildman–Crippen MR) is 193 cm³/mol. The molecule has 17 heteroatoms. The molecule has 3 atom stereocenters. The van der Waals surface area contributed by atoms with E-state index in [1.807, 2.05) is 0 Å². The van der Waals surface area contributed by atoms with Crippen molar-refractivity contribution in [1.82, 2.24) is 26.6 Å². The van der Waals surface area contributed by atoms with E-state index in [4.69, 9.17) is 28.4 Å². The number of nitrogens with one attached hydrogen (secondary N) is 5. The van der Waals surface area contributed by atoms with E-state index in [2.05, 4.69) is 26.6 Å². The van der Waals surface area contributed by atoms with Gasteiger partial charge in [0.15, 0.2) is 12.3 Å². The van der Waals surface area contributed by atoms with Crippen molar-refractivity contribution in [3.8, 4) is 0 Å². The summed E-state index contributed by atoms with van der Waals surface area (Å²) in [4.78, 5) is 77.3. The molecule has 0 heterocycles. The minimum absolute atomic E-state index is 0.00921. The first-order valence-corrected chi connectivity index (χ1v) is 17.8. The Morgan fingerprint density at radius 3 is 1.87 bits per heavy atom. The lowest BCUT2D eigenvalue weighted by molar-refractivity contribution is -0.180. The second-order valence-electron chi connectivity index (χ2n) is 13.7. The predicted octanol–water partition coefficient (Wildman–Crippen LogP) is 3.43. The van der Waals surface area contributed by atoms with E-state index in [0.717, 1.165) is 0 Å². The Labute approximate surface area is 312 Å². The monoisotopic (exact) mass is 753 g/mol. The third-order valence-corrected chi connectivity index (χ3v) is 6.65. The number of ether oxygens (including phenoxy) is 6. The van der Waals surface area contributed by atoms with Gasteiger partial charge in [0.25, 0.3) is 0 Å². The molecule has 0 aliphatic carbocycles. The maximum atomic E-state index is 13.6. The molecule has 0 aliphatic heterocycles. The number of esters is 1. The number of rotatable bonds is 21. The second-order valence-corrected chi connectivity index (χ2v) is 13.7. The summed E-state index contributed by atoms with van der Waals surface area (Å²) in [6.45, 7) is 15.2. The first-order chi connectivity index (χ1) is 24.9. The highest BCUT2D eigenvalue weighted by Gasteiger charge is 2.35. The lowest BCUT2D eigenvalue weighted by atomic mass is 10.1. The van der Waals surface area contributed by atoms with Crippen molar-refractivity contribution in [2.75, 3.05) is 32.9 Å². The molecule has 1 rings (SSSR count). The van der Waals surface area contributed by atoms with Crippen LogP contribution >= 0.6 is 0 Å². The zero-order chi connectivity index (χ0) is 40.0. The van der Waals surface area contributed by atoms with Crippen LogP contribution in [-0.2, 0) is 49.4 Å². The van der Waals surface area contributed by atoms with Gasteiger partial charge in [-0.25, -0.2) is 19.2 Å². The number of carbonyl (C=O) groups is 6. The lowest BCUT2D eigenvalue weighted by Gasteiger charge is -2.28. The van der Waals surface area contributed by atoms with Gasteiger partial charge < -0.3 is 55.0 Å². The van der Waals surface area contributed by atoms with Crippen LogP contribution in [0, 0.1) is 0 Å². The summed E-state index contributed by atoms with van der Waals surface area (Å²) in [5, 5.41) is 12.9. The standard InChI is InChI=1S/C36H59N5O12/c1-10-48-30(44)28(31(49-11-2)50-12-3)41-29(43)26(40-33(46)51-23-24-17-14-13-15-18-24)22-38-27(42)21-25(39-34(47)53-36(7,8)9)19-16-20-37-32(45)52-35(4,5)6/h13-15,17-18,25-26,28,31H,10-12,16,19-23H2,1-9H3,(H,37,45)(H,38,42)(H,39,47)(H,40,46)(H,41,43)/t25-,26-,28-/m0/s1. The topological polar surface area (TPSA) is 218 Å². The smallest absolute Gasteiger partial charge is 0.408 e. The molecule has 0 spiro atoms. The summed E-state index contributed by atoms with van der Waals surface area (Å²) in [7, 11) is 0. The van der Waals surface area contributed by atoms with Crippen LogP contribution in [0.2, 0.25) is 0 Å². The Bertz CT molecular complexity index is 1290. The molecule has 1 aromatic carbocycles. The van der Waals surface area contributed by atoms with Gasteiger partial charge in [-0.1, -0.05) is 30.3 Å². The van der Waals surface area contributed by atoms with Crippen LogP contribution < -0.4 is 26.6 Å². The SMILES string of the molecule is CCOC(=O)[C@H](NC(=O)[C@H](CNC(=O)C[C@H](CCCNC(=O)OC(C)(C)C)NC(=O)OC(C)(C)C)NC(=O)OCc1ccccc1)C(OCC)OCC. The number of carbonyl (C=O) groups excluding carboxylic acids is 6. The van der Waals surface area contributed by atoms with Gasteiger partial charge in [0.05, 0.1) is 6.61 Å². The quantitative estimate of drug-likeness (QED) is 0.0528. The van der Waals surface area contributed by atoms with E-state index in [-0.39, 0.29) is 45.8 Å². The van der Waals surface area contributed by atoms with Gasteiger partial charge in [-0.3, -0.25) is 9.59 Å². The third kappa shape index (κ3) is 21.5. The Hall–Kier alpha value is -4.64. The van der Waals surface area contributed by atoms with E-state index in [1.165, 1.54) is 0 Å². The fraction of sp³-hybridized carbons (Fsp3) is 0.667. The third-order valence-electron chi connectivity index (χ3n) is 6.65. The van der Waals surface area contributed by atoms with Gasteiger partial charge >= 0.3 is 24.2 Å². The van der Waals surface area contributed by atoms with Crippen LogP contribution in [0.25, 0.3) is 0 Å². The second kappa shape index (κ2) is 23.8.